The third kappa shape index (κ3) is 5.15. The summed E-state index contributed by atoms with van der Waals surface area (Å²) in [7, 11) is 0. The fourth-order valence-corrected chi connectivity index (χ4v) is 3.07. The number of ether oxygens (including phenoxy) is 2. The maximum absolute atomic E-state index is 12.1. The summed E-state index contributed by atoms with van der Waals surface area (Å²) in [5, 5.41) is 2.87. The first-order chi connectivity index (χ1) is 12.7. The molecule has 0 aliphatic carbocycles. The van der Waals surface area contributed by atoms with Gasteiger partial charge in [-0.25, -0.2) is 0 Å². The van der Waals surface area contributed by atoms with Gasteiger partial charge in [-0.1, -0.05) is 6.07 Å². The van der Waals surface area contributed by atoms with Gasteiger partial charge in [0.15, 0.2) is 6.61 Å². The Bertz CT molecular complexity index is 709. The molecular weight excluding hydrogens is 328 g/mol. The summed E-state index contributed by atoms with van der Waals surface area (Å²) in [6.45, 7) is 4.71. The largest absolute Gasteiger partial charge is 0.494 e. The second kappa shape index (κ2) is 9.13. The lowest BCUT2D eigenvalue weighted by molar-refractivity contribution is -0.118. The fraction of sp³-hybridized carbons (Fsp3) is 0.381. The number of nitrogens with one attached hydrogen (secondary N) is 1. The van der Waals surface area contributed by atoms with E-state index in [1.807, 2.05) is 37.3 Å². The van der Waals surface area contributed by atoms with E-state index in [1.165, 1.54) is 24.9 Å². The molecule has 0 atom stereocenters. The van der Waals surface area contributed by atoms with Gasteiger partial charge in [0, 0.05) is 30.5 Å². The minimum absolute atomic E-state index is 0.0382. The van der Waals surface area contributed by atoms with E-state index in [2.05, 4.69) is 22.3 Å². The first kappa shape index (κ1) is 18.1. The topological polar surface area (TPSA) is 50.8 Å². The number of piperidine rings is 1. The van der Waals surface area contributed by atoms with E-state index in [4.69, 9.17) is 9.47 Å². The molecule has 1 N–H and O–H groups in total. The molecule has 0 unspecified atom stereocenters. The molecule has 0 aromatic heterocycles. The van der Waals surface area contributed by atoms with Gasteiger partial charge < -0.3 is 19.7 Å². The van der Waals surface area contributed by atoms with Crippen LogP contribution < -0.4 is 19.7 Å². The number of carbonyl (C=O) groups excluding carboxylic acids is 1. The van der Waals surface area contributed by atoms with E-state index in [0.717, 1.165) is 24.5 Å². The van der Waals surface area contributed by atoms with Gasteiger partial charge in [-0.2, -0.15) is 0 Å². The molecule has 0 bridgehead atoms. The highest BCUT2D eigenvalue weighted by atomic mass is 16.5. The van der Waals surface area contributed by atoms with E-state index < -0.39 is 0 Å². The number of amides is 1. The van der Waals surface area contributed by atoms with Crippen molar-refractivity contribution in [2.45, 2.75) is 26.2 Å². The number of anilines is 2. The first-order valence-electron chi connectivity index (χ1n) is 9.25. The molecule has 1 fully saturated rings. The molecule has 0 radical (unpaired) electrons. The minimum atomic E-state index is -0.183. The Hall–Kier alpha value is -2.69. The van der Waals surface area contributed by atoms with Crippen molar-refractivity contribution in [1.82, 2.24) is 0 Å². The van der Waals surface area contributed by atoms with Gasteiger partial charge in [-0.3, -0.25) is 4.79 Å². The number of nitrogens with zero attached hydrogens (tertiary/aromatic N) is 1. The number of hydrogen-bond acceptors (Lipinski definition) is 4. The van der Waals surface area contributed by atoms with Crippen LogP contribution >= 0.6 is 0 Å². The molecule has 2 aromatic rings. The number of rotatable bonds is 7. The van der Waals surface area contributed by atoms with Gasteiger partial charge in [0.1, 0.15) is 11.5 Å². The Morgan fingerprint density at radius 3 is 2.38 bits per heavy atom. The van der Waals surface area contributed by atoms with Crippen molar-refractivity contribution < 1.29 is 14.3 Å². The van der Waals surface area contributed by atoms with Crippen molar-refractivity contribution in [3.8, 4) is 11.5 Å². The molecule has 1 saturated heterocycles. The Kier molecular flexibility index (Phi) is 6.36. The van der Waals surface area contributed by atoms with Crippen LogP contribution in [0, 0.1) is 0 Å². The Balaban J connectivity index is 1.49. The van der Waals surface area contributed by atoms with Crippen LogP contribution in [0.4, 0.5) is 11.4 Å². The molecule has 1 heterocycles. The third-order valence-corrected chi connectivity index (χ3v) is 4.36. The van der Waals surface area contributed by atoms with E-state index in [9.17, 15) is 4.79 Å². The van der Waals surface area contributed by atoms with Crippen molar-refractivity contribution >= 4 is 17.3 Å². The maximum atomic E-state index is 12.1. The van der Waals surface area contributed by atoms with Gasteiger partial charge in [0.25, 0.3) is 5.91 Å². The summed E-state index contributed by atoms with van der Waals surface area (Å²) in [4.78, 5) is 14.5. The van der Waals surface area contributed by atoms with E-state index >= 15 is 0 Å². The van der Waals surface area contributed by atoms with Gasteiger partial charge in [0.2, 0.25) is 0 Å². The van der Waals surface area contributed by atoms with Crippen LogP contribution in [0.2, 0.25) is 0 Å². The molecule has 138 valence electrons. The van der Waals surface area contributed by atoms with Crippen LogP contribution in [0.25, 0.3) is 0 Å². The predicted octanol–water partition coefficient (Wildman–Crippen LogP) is 4.09. The quantitative estimate of drug-likeness (QED) is 0.813. The average Bonchev–Trinajstić information content (AvgIpc) is 2.68. The van der Waals surface area contributed by atoms with Crippen LogP contribution in [-0.2, 0) is 4.79 Å². The molecule has 5 heteroatoms. The van der Waals surface area contributed by atoms with Gasteiger partial charge in [0.05, 0.1) is 6.61 Å². The highest BCUT2D eigenvalue weighted by molar-refractivity contribution is 5.92. The number of hydrogen-bond donors (Lipinski definition) is 1. The van der Waals surface area contributed by atoms with Crippen LogP contribution in [0.3, 0.4) is 0 Å². The van der Waals surface area contributed by atoms with Gasteiger partial charge >= 0.3 is 0 Å². The second-order valence-corrected chi connectivity index (χ2v) is 6.34. The zero-order chi connectivity index (χ0) is 18.2. The van der Waals surface area contributed by atoms with Crippen molar-refractivity contribution in [2.24, 2.45) is 0 Å². The molecule has 1 amide bonds. The molecule has 1 aliphatic rings. The summed E-state index contributed by atoms with van der Waals surface area (Å²) in [5.41, 5.74) is 1.99. The zero-order valence-corrected chi connectivity index (χ0v) is 15.2. The molecular formula is C21H26N2O3. The van der Waals surface area contributed by atoms with Crippen molar-refractivity contribution in [3.63, 3.8) is 0 Å². The SMILES string of the molecule is CCOc1cccc(OCC(=O)Nc2ccc(N3CCCCC3)cc2)c1. The first-order valence-corrected chi connectivity index (χ1v) is 9.25. The maximum Gasteiger partial charge on any atom is 0.262 e. The van der Waals surface area contributed by atoms with Crippen molar-refractivity contribution in [1.29, 1.82) is 0 Å². The predicted molar refractivity (Wildman–Crippen MR) is 104 cm³/mol. The van der Waals surface area contributed by atoms with Gasteiger partial charge in [-0.05, 0) is 62.6 Å². The highest BCUT2D eigenvalue weighted by Crippen LogP contribution is 2.22. The second-order valence-electron chi connectivity index (χ2n) is 6.34. The van der Waals surface area contributed by atoms with Crippen molar-refractivity contribution in [3.05, 3.63) is 48.5 Å². The number of carbonyl (C=O) groups is 1. The molecule has 0 spiro atoms. The summed E-state index contributed by atoms with van der Waals surface area (Å²) in [6.07, 6.45) is 3.82. The molecule has 1 aliphatic heterocycles. The monoisotopic (exact) mass is 354 g/mol. The van der Waals surface area contributed by atoms with Gasteiger partial charge in [-0.15, -0.1) is 0 Å². The standard InChI is InChI=1S/C21H26N2O3/c1-2-25-19-7-6-8-20(15-19)26-16-21(24)22-17-9-11-18(12-10-17)23-13-4-3-5-14-23/h6-12,15H,2-5,13-14,16H2,1H3,(H,22,24). The lowest BCUT2D eigenvalue weighted by Gasteiger charge is -2.28. The number of benzene rings is 2. The van der Waals surface area contributed by atoms with E-state index in [1.54, 1.807) is 6.07 Å². The smallest absolute Gasteiger partial charge is 0.262 e. The molecule has 3 rings (SSSR count). The lowest BCUT2D eigenvalue weighted by Crippen LogP contribution is -2.29. The molecule has 2 aromatic carbocycles. The Morgan fingerprint density at radius 2 is 1.69 bits per heavy atom. The lowest BCUT2D eigenvalue weighted by atomic mass is 10.1. The molecule has 26 heavy (non-hydrogen) atoms. The van der Waals surface area contributed by atoms with E-state index in [-0.39, 0.29) is 12.5 Å². The van der Waals surface area contributed by atoms with E-state index in [0.29, 0.717) is 12.4 Å². The van der Waals surface area contributed by atoms with Crippen LogP contribution in [0.1, 0.15) is 26.2 Å². The van der Waals surface area contributed by atoms with Crippen molar-refractivity contribution in [2.75, 3.05) is 36.5 Å². The summed E-state index contributed by atoms with van der Waals surface area (Å²) in [5.74, 6) is 1.17. The van der Waals surface area contributed by atoms with Crippen LogP contribution in [0.5, 0.6) is 11.5 Å². The summed E-state index contributed by atoms with van der Waals surface area (Å²) >= 11 is 0. The Labute approximate surface area is 154 Å². The summed E-state index contributed by atoms with van der Waals surface area (Å²) in [6, 6.07) is 15.3. The zero-order valence-electron chi connectivity index (χ0n) is 15.2. The minimum Gasteiger partial charge on any atom is -0.494 e. The fourth-order valence-electron chi connectivity index (χ4n) is 3.07. The van der Waals surface area contributed by atoms with Crippen LogP contribution in [-0.4, -0.2) is 32.2 Å². The normalized spacial score (nSPS) is 14.0. The molecule has 0 saturated carbocycles. The molecule has 5 nitrogen and oxygen atoms in total. The third-order valence-electron chi connectivity index (χ3n) is 4.36. The van der Waals surface area contributed by atoms with Crippen LogP contribution in [0.15, 0.2) is 48.5 Å². The Morgan fingerprint density at radius 1 is 1.00 bits per heavy atom. The summed E-state index contributed by atoms with van der Waals surface area (Å²) < 4.78 is 11.0. The average molecular weight is 354 g/mol. The highest BCUT2D eigenvalue weighted by Gasteiger charge is 2.11.